The second kappa shape index (κ2) is 6.22. The third kappa shape index (κ3) is 3.21. The molecule has 6 heteroatoms. The number of hydrogen-bond acceptors (Lipinski definition) is 5. The topological polar surface area (TPSA) is 58.9 Å². The normalized spacial score (nSPS) is 18.6. The van der Waals surface area contributed by atoms with Gasteiger partial charge in [-0.3, -0.25) is 0 Å². The molecule has 0 bridgehead atoms. The molecule has 0 aliphatic carbocycles. The van der Waals surface area contributed by atoms with E-state index in [1.54, 1.807) is 17.2 Å². The first-order valence-electron chi connectivity index (χ1n) is 7.49. The zero-order valence-corrected chi connectivity index (χ0v) is 12.6. The SMILES string of the molecule is CC(Nc1cccnc1-n1cncn1)C1CCN(C)CC1. The van der Waals surface area contributed by atoms with Crippen molar-refractivity contribution < 1.29 is 0 Å². The molecule has 2 aromatic rings. The standard InChI is InChI=1S/C15H22N6/c1-12(13-5-8-20(2)9-6-13)19-14-4-3-7-17-15(14)21-11-16-10-18-21/h3-4,7,10-13,19H,5-6,8-9H2,1-2H3. The molecule has 6 nitrogen and oxygen atoms in total. The van der Waals surface area contributed by atoms with Gasteiger partial charge in [0.15, 0.2) is 5.82 Å². The Morgan fingerprint density at radius 1 is 1.33 bits per heavy atom. The average Bonchev–Trinajstić information content (AvgIpc) is 3.02. The average molecular weight is 286 g/mol. The molecule has 0 spiro atoms. The Morgan fingerprint density at radius 2 is 2.14 bits per heavy atom. The van der Waals surface area contributed by atoms with Gasteiger partial charge in [-0.05, 0) is 58.0 Å². The fourth-order valence-electron chi connectivity index (χ4n) is 2.90. The van der Waals surface area contributed by atoms with Crippen molar-refractivity contribution in [2.24, 2.45) is 5.92 Å². The molecule has 1 aliphatic heterocycles. The van der Waals surface area contributed by atoms with Crippen LogP contribution in [0, 0.1) is 5.92 Å². The third-order valence-corrected chi connectivity index (χ3v) is 4.28. The number of nitrogens with one attached hydrogen (secondary N) is 1. The molecule has 1 fully saturated rings. The minimum Gasteiger partial charge on any atom is -0.379 e. The van der Waals surface area contributed by atoms with Gasteiger partial charge < -0.3 is 10.2 Å². The van der Waals surface area contributed by atoms with E-state index in [1.807, 2.05) is 6.07 Å². The molecule has 21 heavy (non-hydrogen) atoms. The van der Waals surface area contributed by atoms with Crippen LogP contribution in [0.25, 0.3) is 5.82 Å². The lowest BCUT2D eigenvalue weighted by Crippen LogP contribution is -2.37. The maximum atomic E-state index is 4.42. The van der Waals surface area contributed by atoms with E-state index in [0.717, 1.165) is 11.5 Å². The van der Waals surface area contributed by atoms with Crippen LogP contribution in [0.15, 0.2) is 31.0 Å². The van der Waals surface area contributed by atoms with Crippen LogP contribution in [0.1, 0.15) is 19.8 Å². The fraction of sp³-hybridized carbons (Fsp3) is 0.533. The van der Waals surface area contributed by atoms with Crippen LogP contribution < -0.4 is 5.32 Å². The summed E-state index contributed by atoms with van der Waals surface area (Å²) in [5.41, 5.74) is 1.01. The third-order valence-electron chi connectivity index (χ3n) is 4.28. The molecule has 3 rings (SSSR count). The molecule has 0 radical (unpaired) electrons. The summed E-state index contributed by atoms with van der Waals surface area (Å²) in [5.74, 6) is 1.50. The van der Waals surface area contributed by atoms with Gasteiger partial charge in [-0.25, -0.2) is 14.6 Å². The number of anilines is 1. The van der Waals surface area contributed by atoms with Crippen LogP contribution in [-0.2, 0) is 0 Å². The first kappa shape index (κ1) is 14.0. The van der Waals surface area contributed by atoms with Gasteiger partial charge in [0, 0.05) is 12.2 Å². The van der Waals surface area contributed by atoms with Crippen molar-refractivity contribution in [3.63, 3.8) is 0 Å². The minimum atomic E-state index is 0.421. The summed E-state index contributed by atoms with van der Waals surface area (Å²) < 4.78 is 1.70. The Balaban J connectivity index is 1.73. The van der Waals surface area contributed by atoms with Crippen molar-refractivity contribution >= 4 is 5.69 Å². The number of likely N-dealkylation sites (tertiary alicyclic amines) is 1. The fourth-order valence-corrected chi connectivity index (χ4v) is 2.90. The van der Waals surface area contributed by atoms with Gasteiger partial charge >= 0.3 is 0 Å². The van der Waals surface area contributed by atoms with Crippen LogP contribution in [0.4, 0.5) is 5.69 Å². The minimum absolute atomic E-state index is 0.421. The Hall–Kier alpha value is -1.95. The molecule has 1 unspecified atom stereocenters. The summed E-state index contributed by atoms with van der Waals surface area (Å²) in [6.45, 7) is 4.62. The van der Waals surface area contributed by atoms with Gasteiger partial charge in [0.25, 0.3) is 0 Å². The van der Waals surface area contributed by atoms with Crippen molar-refractivity contribution in [3.8, 4) is 5.82 Å². The van der Waals surface area contributed by atoms with E-state index in [2.05, 4.69) is 45.3 Å². The van der Waals surface area contributed by atoms with Crippen molar-refractivity contribution in [2.75, 3.05) is 25.5 Å². The van der Waals surface area contributed by atoms with E-state index in [4.69, 9.17) is 0 Å². The zero-order valence-electron chi connectivity index (χ0n) is 12.6. The largest absolute Gasteiger partial charge is 0.379 e. The molecule has 0 amide bonds. The monoisotopic (exact) mass is 286 g/mol. The van der Waals surface area contributed by atoms with Gasteiger partial charge in [-0.2, -0.15) is 5.10 Å². The Kier molecular flexibility index (Phi) is 4.15. The highest BCUT2D eigenvalue weighted by Crippen LogP contribution is 2.24. The van der Waals surface area contributed by atoms with Gasteiger partial charge in [-0.1, -0.05) is 0 Å². The van der Waals surface area contributed by atoms with E-state index in [-0.39, 0.29) is 0 Å². The zero-order chi connectivity index (χ0) is 14.7. The molecule has 3 heterocycles. The summed E-state index contributed by atoms with van der Waals surface area (Å²) >= 11 is 0. The highest BCUT2D eigenvalue weighted by Gasteiger charge is 2.23. The highest BCUT2D eigenvalue weighted by molar-refractivity contribution is 5.56. The summed E-state index contributed by atoms with van der Waals surface area (Å²) in [7, 11) is 2.19. The Morgan fingerprint density at radius 3 is 2.86 bits per heavy atom. The highest BCUT2D eigenvalue weighted by atomic mass is 15.3. The number of pyridine rings is 1. The lowest BCUT2D eigenvalue weighted by Gasteiger charge is -2.33. The van der Waals surface area contributed by atoms with Gasteiger partial charge in [0.2, 0.25) is 0 Å². The van der Waals surface area contributed by atoms with Crippen molar-refractivity contribution in [1.29, 1.82) is 0 Å². The van der Waals surface area contributed by atoms with Crippen molar-refractivity contribution in [2.45, 2.75) is 25.8 Å². The molecule has 2 aromatic heterocycles. The van der Waals surface area contributed by atoms with Gasteiger partial charge in [-0.15, -0.1) is 0 Å². The summed E-state index contributed by atoms with van der Waals surface area (Å²) in [6, 6.07) is 4.42. The molecule has 0 aromatic carbocycles. The first-order chi connectivity index (χ1) is 10.2. The maximum absolute atomic E-state index is 4.42. The molecule has 1 aliphatic rings. The molecule has 1 saturated heterocycles. The molecule has 1 N–H and O–H groups in total. The molecule has 0 saturated carbocycles. The molecular weight excluding hydrogens is 264 g/mol. The predicted molar refractivity (Wildman–Crippen MR) is 82.5 cm³/mol. The second-order valence-corrected chi connectivity index (χ2v) is 5.79. The predicted octanol–water partition coefficient (Wildman–Crippen LogP) is 1.80. The van der Waals surface area contributed by atoms with Crippen LogP contribution in [0.2, 0.25) is 0 Å². The molecule has 1 atom stereocenters. The van der Waals surface area contributed by atoms with Crippen LogP contribution >= 0.6 is 0 Å². The van der Waals surface area contributed by atoms with E-state index >= 15 is 0 Å². The van der Waals surface area contributed by atoms with Gasteiger partial charge in [0.05, 0.1) is 5.69 Å². The van der Waals surface area contributed by atoms with E-state index in [1.165, 1.54) is 32.3 Å². The van der Waals surface area contributed by atoms with Crippen molar-refractivity contribution in [3.05, 3.63) is 31.0 Å². The van der Waals surface area contributed by atoms with Crippen LogP contribution in [0.3, 0.4) is 0 Å². The quantitative estimate of drug-likeness (QED) is 0.929. The Labute approximate surface area is 125 Å². The lowest BCUT2D eigenvalue weighted by atomic mass is 9.90. The molecule has 112 valence electrons. The number of nitrogens with zero attached hydrogens (tertiary/aromatic N) is 5. The van der Waals surface area contributed by atoms with E-state index in [9.17, 15) is 0 Å². The number of rotatable bonds is 4. The van der Waals surface area contributed by atoms with E-state index < -0.39 is 0 Å². The number of aromatic nitrogens is 4. The summed E-state index contributed by atoms with van der Waals surface area (Å²) in [6.07, 6.45) is 7.46. The van der Waals surface area contributed by atoms with Crippen LogP contribution in [0.5, 0.6) is 0 Å². The number of piperidine rings is 1. The Bertz CT molecular complexity index is 559. The lowest BCUT2D eigenvalue weighted by molar-refractivity contribution is 0.208. The van der Waals surface area contributed by atoms with Crippen LogP contribution in [-0.4, -0.2) is 50.8 Å². The second-order valence-electron chi connectivity index (χ2n) is 5.79. The first-order valence-corrected chi connectivity index (χ1v) is 7.49. The van der Waals surface area contributed by atoms with Crippen molar-refractivity contribution in [1.82, 2.24) is 24.6 Å². The smallest absolute Gasteiger partial charge is 0.178 e. The maximum Gasteiger partial charge on any atom is 0.178 e. The van der Waals surface area contributed by atoms with E-state index in [0.29, 0.717) is 12.0 Å². The molecular formula is C15H22N6. The number of hydrogen-bond donors (Lipinski definition) is 1. The summed E-state index contributed by atoms with van der Waals surface area (Å²) in [4.78, 5) is 10.8. The summed E-state index contributed by atoms with van der Waals surface area (Å²) in [5, 5.41) is 7.79. The van der Waals surface area contributed by atoms with Gasteiger partial charge in [0.1, 0.15) is 12.7 Å².